The highest BCUT2D eigenvalue weighted by molar-refractivity contribution is 5.67. The molecule has 1 heterocycles. The summed E-state index contributed by atoms with van der Waals surface area (Å²) in [5.74, 6) is -1.38. The predicted octanol–water partition coefficient (Wildman–Crippen LogP) is 0.222. The predicted molar refractivity (Wildman–Crippen MR) is 43.6 cm³/mol. The third kappa shape index (κ3) is 2.25. The van der Waals surface area contributed by atoms with Crippen LogP contribution >= 0.6 is 0 Å². The van der Waals surface area contributed by atoms with Crippen LogP contribution < -0.4 is 0 Å². The van der Waals surface area contributed by atoms with Crippen LogP contribution in [0.2, 0.25) is 0 Å². The standard InChI is InChI=1S/C6H8N4O4/c1-4(2-6(11)12)9-3-5(7-8-9)10(13)14/h3-4H,2H2,1H3,(H,11,12). The van der Waals surface area contributed by atoms with Gasteiger partial charge in [-0.15, -0.1) is 0 Å². The van der Waals surface area contributed by atoms with Crippen LogP contribution in [0.5, 0.6) is 0 Å². The summed E-state index contributed by atoms with van der Waals surface area (Å²) in [5.41, 5.74) is 0. The van der Waals surface area contributed by atoms with Crippen molar-refractivity contribution in [3.05, 3.63) is 16.3 Å². The molecule has 76 valence electrons. The van der Waals surface area contributed by atoms with Crippen molar-refractivity contribution in [2.45, 2.75) is 19.4 Å². The third-order valence-corrected chi connectivity index (χ3v) is 1.61. The molecule has 0 spiro atoms. The Morgan fingerprint density at radius 3 is 2.93 bits per heavy atom. The molecule has 1 atom stereocenters. The number of rotatable bonds is 4. The molecule has 14 heavy (non-hydrogen) atoms. The van der Waals surface area contributed by atoms with Crippen LogP contribution in [0.15, 0.2) is 6.20 Å². The van der Waals surface area contributed by atoms with Crippen molar-refractivity contribution >= 4 is 11.8 Å². The van der Waals surface area contributed by atoms with Gasteiger partial charge in [0.1, 0.15) is 11.3 Å². The SMILES string of the molecule is CC(CC(=O)O)n1cc([N+](=O)[O-])nn1. The Balaban J connectivity index is 2.76. The molecule has 0 fully saturated rings. The van der Waals surface area contributed by atoms with Crippen molar-refractivity contribution in [3.63, 3.8) is 0 Å². The molecule has 0 saturated heterocycles. The van der Waals surface area contributed by atoms with Gasteiger partial charge in [-0.2, -0.15) is 0 Å². The van der Waals surface area contributed by atoms with E-state index in [0.29, 0.717) is 0 Å². The van der Waals surface area contributed by atoms with Gasteiger partial charge in [-0.05, 0) is 11.8 Å². The molecular formula is C6H8N4O4. The molecule has 8 heteroatoms. The van der Waals surface area contributed by atoms with Crippen molar-refractivity contribution in [2.75, 3.05) is 0 Å². The Bertz CT molecular complexity index is 360. The fourth-order valence-corrected chi connectivity index (χ4v) is 0.913. The lowest BCUT2D eigenvalue weighted by molar-refractivity contribution is -0.389. The fraction of sp³-hybridized carbons (Fsp3) is 0.500. The van der Waals surface area contributed by atoms with Crippen LogP contribution in [0.4, 0.5) is 5.82 Å². The average molecular weight is 200 g/mol. The molecule has 0 aliphatic carbocycles. The monoisotopic (exact) mass is 200 g/mol. The van der Waals surface area contributed by atoms with E-state index >= 15 is 0 Å². The van der Waals surface area contributed by atoms with E-state index in [4.69, 9.17) is 5.11 Å². The molecule has 1 N–H and O–H groups in total. The van der Waals surface area contributed by atoms with Crippen LogP contribution in [-0.2, 0) is 4.79 Å². The second-order valence-electron chi connectivity index (χ2n) is 2.76. The highest BCUT2D eigenvalue weighted by Gasteiger charge is 2.17. The summed E-state index contributed by atoms with van der Waals surface area (Å²) < 4.78 is 1.16. The molecule has 1 aromatic rings. The Morgan fingerprint density at radius 2 is 2.50 bits per heavy atom. The van der Waals surface area contributed by atoms with Crippen molar-refractivity contribution in [3.8, 4) is 0 Å². The van der Waals surface area contributed by atoms with E-state index < -0.39 is 16.9 Å². The summed E-state index contributed by atoms with van der Waals surface area (Å²) in [6, 6.07) is -0.450. The Morgan fingerprint density at radius 1 is 1.86 bits per heavy atom. The maximum Gasteiger partial charge on any atom is 0.410 e. The molecule has 0 aliphatic heterocycles. The second-order valence-corrected chi connectivity index (χ2v) is 2.76. The van der Waals surface area contributed by atoms with Gasteiger partial charge in [0.15, 0.2) is 0 Å². The molecule has 0 bridgehead atoms. The van der Waals surface area contributed by atoms with Gasteiger partial charge in [-0.3, -0.25) is 4.79 Å². The molecule has 8 nitrogen and oxygen atoms in total. The number of aromatic nitrogens is 3. The highest BCUT2D eigenvalue weighted by atomic mass is 16.6. The van der Waals surface area contributed by atoms with Crippen LogP contribution in [0.1, 0.15) is 19.4 Å². The summed E-state index contributed by atoms with van der Waals surface area (Å²) in [7, 11) is 0. The Kier molecular flexibility index (Phi) is 2.75. The summed E-state index contributed by atoms with van der Waals surface area (Å²) in [4.78, 5) is 19.9. The minimum absolute atomic E-state index is 0.152. The minimum atomic E-state index is -0.990. The van der Waals surface area contributed by atoms with Crippen LogP contribution in [-0.4, -0.2) is 31.0 Å². The zero-order valence-corrected chi connectivity index (χ0v) is 7.32. The van der Waals surface area contributed by atoms with Gasteiger partial charge in [0.25, 0.3) is 0 Å². The van der Waals surface area contributed by atoms with Gasteiger partial charge < -0.3 is 15.2 Å². The van der Waals surface area contributed by atoms with E-state index in [9.17, 15) is 14.9 Å². The lowest BCUT2D eigenvalue weighted by atomic mass is 10.2. The summed E-state index contributed by atoms with van der Waals surface area (Å²) in [6.45, 7) is 1.59. The number of aliphatic carboxylic acids is 1. The van der Waals surface area contributed by atoms with Gasteiger partial charge in [0.2, 0.25) is 0 Å². The topological polar surface area (TPSA) is 111 Å². The van der Waals surface area contributed by atoms with Crippen LogP contribution in [0.25, 0.3) is 0 Å². The quantitative estimate of drug-likeness (QED) is 0.549. The average Bonchev–Trinajstić information content (AvgIpc) is 2.50. The minimum Gasteiger partial charge on any atom is -0.481 e. The number of nitrogens with zero attached hydrogens (tertiary/aromatic N) is 4. The van der Waals surface area contributed by atoms with Gasteiger partial charge in [0, 0.05) is 0 Å². The summed E-state index contributed by atoms with van der Waals surface area (Å²) >= 11 is 0. The first kappa shape index (κ1) is 10.1. The number of hydrogen-bond acceptors (Lipinski definition) is 5. The third-order valence-electron chi connectivity index (χ3n) is 1.61. The van der Waals surface area contributed by atoms with Crippen molar-refractivity contribution < 1.29 is 14.8 Å². The Hall–Kier alpha value is -1.99. The smallest absolute Gasteiger partial charge is 0.410 e. The van der Waals surface area contributed by atoms with Crippen molar-refractivity contribution in [1.29, 1.82) is 0 Å². The largest absolute Gasteiger partial charge is 0.481 e. The van der Waals surface area contributed by atoms with E-state index in [1.807, 2.05) is 0 Å². The number of nitro groups is 1. The molecule has 0 aromatic carbocycles. The zero-order chi connectivity index (χ0) is 10.7. The summed E-state index contributed by atoms with van der Waals surface area (Å²) in [6.07, 6.45) is 0.953. The molecule has 0 radical (unpaired) electrons. The number of carbonyl (C=O) groups is 1. The first-order valence-corrected chi connectivity index (χ1v) is 3.78. The van der Waals surface area contributed by atoms with E-state index in [0.717, 1.165) is 10.9 Å². The first-order valence-electron chi connectivity index (χ1n) is 3.78. The lowest BCUT2D eigenvalue weighted by Crippen LogP contribution is -2.10. The van der Waals surface area contributed by atoms with E-state index in [1.54, 1.807) is 6.92 Å². The molecular weight excluding hydrogens is 192 g/mol. The Labute approximate surface area is 78.3 Å². The van der Waals surface area contributed by atoms with E-state index in [-0.39, 0.29) is 12.2 Å². The lowest BCUT2D eigenvalue weighted by Gasteiger charge is -2.04. The van der Waals surface area contributed by atoms with Crippen LogP contribution in [0, 0.1) is 10.1 Å². The maximum atomic E-state index is 10.3. The normalized spacial score (nSPS) is 12.4. The number of carboxylic acid groups (broad SMARTS) is 1. The first-order chi connectivity index (χ1) is 6.50. The van der Waals surface area contributed by atoms with E-state index in [1.165, 1.54) is 0 Å². The van der Waals surface area contributed by atoms with Gasteiger partial charge >= 0.3 is 11.8 Å². The summed E-state index contributed by atoms with van der Waals surface area (Å²) in [5, 5.41) is 25.4. The van der Waals surface area contributed by atoms with Crippen LogP contribution in [0.3, 0.4) is 0 Å². The van der Waals surface area contributed by atoms with E-state index in [2.05, 4.69) is 10.3 Å². The van der Waals surface area contributed by atoms with Crippen molar-refractivity contribution in [1.82, 2.24) is 15.0 Å². The second kappa shape index (κ2) is 3.81. The number of hydrogen-bond donors (Lipinski definition) is 1. The highest BCUT2D eigenvalue weighted by Crippen LogP contribution is 2.12. The fourth-order valence-electron chi connectivity index (χ4n) is 0.913. The molecule has 1 unspecified atom stereocenters. The zero-order valence-electron chi connectivity index (χ0n) is 7.32. The molecule has 0 amide bonds. The maximum absolute atomic E-state index is 10.3. The molecule has 0 aliphatic rings. The number of carboxylic acids is 1. The molecule has 1 aromatic heterocycles. The van der Waals surface area contributed by atoms with Gasteiger partial charge in [-0.1, -0.05) is 0 Å². The van der Waals surface area contributed by atoms with Gasteiger partial charge in [0.05, 0.1) is 17.7 Å². The molecule has 1 rings (SSSR count). The molecule has 0 saturated carbocycles. The van der Waals surface area contributed by atoms with Gasteiger partial charge in [-0.25, -0.2) is 4.68 Å². The van der Waals surface area contributed by atoms with Crippen molar-refractivity contribution in [2.24, 2.45) is 0 Å².